The number of aromatic hydroxyl groups is 1. The van der Waals surface area contributed by atoms with Crippen molar-refractivity contribution in [3.63, 3.8) is 0 Å². The molecule has 2 aromatic carbocycles. The predicted octanol–water partition coefficient (Wildman–Crippen LogP) is 2.57. The maximum atomic E-state index is 14.3. The molecule has 0 atom stereocenters. The molecule has 10 nitrogen and oxygen atoms in total. The van der Waals surface area contributed by atoms with Crippen molar-refractivity contribution in [1.29, 1.82) is 0 Å². The highest BCUT2D eigenvalue weighted by Crippen LogP contribution is 2.26. The molecule has 1 aliphatic heterocycles. The highest BCUT2D eigenvalue weighted by atomic mass is 19.1. The Balaban J connectivity index is 1.47. The summed E-state index contributed by atoms with van der Waals surface area (Å²) in [5.41, 5.74) is -0.0210. The second-order valence-electron chi connectivity index (χ2n) is 9.34. The minimum absolute atomic E-state index is 0.0470. The average Bonchev–Trinajstić information content (AvgIpc) is 3.32. The molecule has 0 aliphatic carbocycles. The van der Waals surface area contributed by atoms with Crippen molar-refractivity contribution in [2.45, 2.75) is 32.4 Å². The number of nitrogens with zero attached hydrogens (tertiary/aromatic N) is 5. The Hall–Kier alpha value is -4.38. The largest absolute Gasteiger partial charge is 0.501 e. The average molecular weight is 505 g/mol. The summed E-state index contributed by atoms with van der Waals surface area (Å²) in [4.78, 5) is 34.6. The number of fused-ring (bicyclic) bond motifs is 1. The van der Waals surface area contributed by atoms with E-state index in [1.165, 1.54) is 33.8 Å². The number of ether oxygens (including phenoxy) is 1. The molecule has 4 aromatic rings. The van der Waals surface area contributed by atoms with Gasteiger partial charge in [0.15, 0.2) is 11.5 Å². The van der Waals surface area contributed by atoms with Gasteiger partial charge in [-0.15, -0.1) is 0 Å². The fourth-order valence-corrected chi connectivity index (χ4v) is 4.32. The smallest absolute Gasteiger partial charge is 0.296 e. The molecule has 1 aliphatic rings. The van der Waals surface area contributed by atoms with Gasteiger partial charge >= 0.3 is 0 Å². The molecule has 11 heteroatoms. The van der Waals surface area contributed by atoms with Gasteiger partial charge in [0.25, 0.3) is 11.5 Å². The number of benzene rings is 2. The number of aromatic nitrogens is 5. The van der Waals surface area contributed by atoms with E-state index in [1.54, 1.807) is 0 Å². The monoisotopic (exact) mass is 504 g/mol. The van der Waals surface area contributed by atoms with E-state index in [0.717, 1.165) is 5.56 Å². The number of hydrogen-bond acceptors (Lipinski definition) is 7. The van der Waals surface area contributed by atoms with Gasteiger partial charge in [0.2, 0.25) is 5.75 Å². The lowest BCUT2D eigenvalue weighted by Gasteiger charge is -2.24. The van der Waals surface area contributed by atoms with E-state index in [1.807, 2.05) is 44.2 Å². The summed E-state index contributed by atoms with van der Waals surface area (Å²) in [7, 11) is 0. The Bertz CT molecular complexity index is 1530. The zero-order valence-corrected chi connectivity index (χ0v) is 20.3. The Morgan fingerprint density at radius 1 is 1.22 bits per heavy atom. The first-order chi connectivity index (χ1) is 17.8. The standard InChI is InChI=1S/C26H25FN6O4/c1-26(2)14-37-11-10-32-24(36)21(34)20(31-25(26)32)23(35)28-13-17-8-9-18(27)12-19(17)33-22(29-15-30-33)16-6-4-3-5-7-16/h3-9,12,15,34H,10-11,13-14H2,1-2H3,(H,28,35). The van der Waals surface area contributed by atoms with Gasteiger partial charge in [-0.05, 0) is 17.7 Å². The van der Waals surface area contributed by atoms with E-state index in [2.05, 4.69) is 20.4 Å². The molecule has 5 rings (SSSR count). The lowest BCUT2D eigenvalue weighted by Crippen LogP contribution is -2.36. The van der Waals surface area contributed by atoms with Gasteiger partial charge in [-0.25, -0.2) is 19.0 Å². The lowest BCUT2D eigenvalue weighted by molar-refractivity contribution is 0.0939. The molecular weight excluding hydrogens is 479 g/mol. The van der Waals surface area contributed by atoms with Gasteiger partial charge in [-0.2, -0.15) is 5.10 Å². The third kappa shape index (κ3) is 4.60. The molecule has 0 spiro atoms. The second-order valence-corrected chi connectivity index (χ2v) is 9.34. The Kier molecular flexibility index (Phi) is 6.30. The summed E-state index contributed by atoms with van der Waals surface area (Å²) < 4.78 is 22.7. The van der Waals surface area contributed by atoms with Crippen molar-refractivity contribution in [1.82, 2.24) is 29.6 Å². The molecule has 2 aromatic heterocycles. The maximum absolute atomic E-state index is 14.3. The van der Waals surface area contributed by atoms with Crippen LogP contribution in [0.3, 0.4) is 0 Å². The van der Waals surface area contributed by atoms with Crippen LogP contribution in [0.1, 0.15) is 35.7 Å². The third-order valence-corrected chi connectivity index (χ3v) is 6.18. The molecule has 2 N–H and O–H groups in total. The number of rotatable bonds is 5. The van der Waals surface area contributed by atoms with Gasteiger partial charge in [-0.3, -0.25) is 14.2 Å². The summed E-state index contributed by atoms with van der Waals surface area (Å²) in [6.07, 6.45) is 1.37. The summed E-state index contributed by atoms with van der Waals surface area (Å²) in [6.45, 7) is 4.48. The van der Waals surface area contributed by atoms with E-state index in [9.17, 15) is 19.1 Å². The van der Waals surface area contributed by atoms with Crippen LogP contribution in [-0.2, 0) is 23.2 Å². The molecular formula is C26H25FN6O4. The summed E-state index contributed by atoms with van der Waals surface area (Å²) in [6, 6.07) is 13.4. The molecule has 3 heterocycles. The van der Waals surface area contributed by atoms with Crippen molar-refractivity contribution in [3.8, 4) is 22.8 Å². The molecule has 0 saturated heterocycles. The van der Waals surface area contributed by atoms with Crippen molar-refractivity contribution >= 4 is 5.91 Å². The van der Waals surface area contributed by atoms with Crippen molar-refractivity contribution in [3.05, 3.63) is 88.1 Å². The highest BCUT2D eigenvalue weighted by Gasteiger charge is 2.32. The first kappa shape index (κ1) is 24.3. The van der Waals surface area contributed by atoms with Crippen LogP contribution in [0.15, 0.2) is 59.7 Å². The predicted molar refractivity (Wildman–Crippen MR) is 132 cm³/mol. The van der Waals surface area contributed by atoms with Gasteiger partial charge < -0.3 is 15.2 Å². The fraction of sp³-hybridized carbons (Fsp3) is 0.269. The summed E-state index contributed by atoms with van der Waals surface area (Å²) >= 11 is 0. The number of carbonyl (C=O) groups is 1. The van der Waals surface area contributed by atoms with Crippen LogP contribution in [0.25, 0.3) is 17.1 Å². The fourth-order valence-electron chi connectivity index (χ4n) is 4.32. The van der Waals surface area contributed by atoms with E-state index >= 15 is 0 Å². The van der Waals surface area contributed by atoms with Crippen molar-refractivity contribution in [2.75, 3.05) is 13.2 Å². The summed E-state index contributed by atoms with van der Waals surface area (Å²) in [5, 5.41) is 17.5. The third-order valence-electron chi connectivity index (χ3n) is 6.18. The molecule has 37 heavy (non-hydrogen) atoms. The number of amides is 1. The number of hydrogen-bond donors (Lipinski definition) is 2. The molecule has 1 amide bonds. The second kappa shape index (κ2) is 9.58. The molecule has 0 unspecified atom stereocenters. The molecule has 190 valence electrons. The number of nitrogens with one attached hydrogen (secondary N) is 1. The van der Waals surface area contributed by atoms with Crippen LogP contribution in [0.5, 0.6) is 5.75 Å². The minimum atomic E-state index is -0.740. The minimum Gasteiger partial charge on any atom is -0.501 e. The van der Waals surface area contributed by atoms with E-state index < -0.39 is 28.4 Å². The Morgan fingerprint density at radius 2 is 2.00 bits per heavy atom. The normalized spacial score (nSPS) is 14.6. The maximum Gasteiger partial charge on any atom is 0.296 e. The first-order valence-corrected chi connectivity index (χ1v) is 11.7. The van der Waals surface area contributed by atoms with Gasteiger partial charge in [0.1, 0.15) is 18.0 Å². The Morgan fingerprint density at radius 3 is 2.78 bits per heavy atom. The molecule has 0 fully saturated rings. The van der Waals surface area contributed by atoms with E-state index in [4.69, 9.17) is 4.74 Å². The van der Waals surface area contributed by atoms with E-state index in [-0.39, 0.29) is 18.8 Å². The number of halogens is 1. The Labute approximate surface area is 211 Å². The van der Waals surface area contributed by atoms with Crippen LogP contribution < -0.4 is 10.9 Å². The van der Waals surface area contributed by atoms with Crippen molar-refractivity contribution < 1.29 is 19.0 Å². The zero-order chi connectivity index (χ0) is 26.2. The van der Waals surface area contributed by atoms with E-state index in [0.29, 0.717) is 36.1 Å². The van der Waals surface area contributed by atoms with Crippen molar-refractivity contribution in [2.24, 2.45) is 0 Å². The quantitative estimate of drug-likeness (QED) is 0.428. The SMILES string of the molecule is CC1(C)COCCn2c1nc(C(=O)NCc1ccc(F)cc1-n1ncnc1-c1ccccc1)c(O)c2=O. The highest BCUT2D eigenvalue weighted by molar-refractivity contribution is 5.94. The summed E-state index contributed by atoms with van der Waals surface area (Å²) in [5.74, 6) is -1.10. The van der Waals surface area contributed by atoms with Crippen LogP contribution in [-0.4, -0.2) is 48.5 Å². The van der Waals surface area contributed by atoms with Gasteiger partial charge in [0, 0.05) is 17.5 Å². The molecule has 0 radical (unpaired) electrons. The lowest BCUT2D eigenvalue weighted by atomic mass is 9.93. The van der Waals surface area contributed by atoms with Crippen LogP contribution in [0.2, 0.25) is 0 Å². The van der Waals surface area contributed by atoms with Gasteiger partial charge in [0.05, 0.1) is 25.4 Å². The topological polar surface area (TPSA) is 124 Å². The zero-order valence-electron chi connectivity index (χ0n) is 20.3. The number of carbonyl (C=O) groups excluding carboxylic acids is 1. The van der Waals surface area contributed by atoms with Crippen LogP contribution >= 0.6 is 0 Å². The van der Waals surface area contributed by atoms with Crippen LogP contribution in [0, 0.1) is 5.82 Å². The molecule has 0 saturated carbocycles. The molecule has 0 bridgehead atoms. The van der Waals surface area contributed by atoms with Gasteiger partial charge in [-0.1, -0.05) is 50.2 Å². The van der Waals surface area contributed by atoms with Crippen LogP contribution in [0.4, 0.5) is 4.39 Å². The first-order valence-electron chi connectivity index (χ1n) is 11.7.